The molecule has 0 spiro atoms. The molecule has 1 aromatic carbocycles. The number of nitrogens with two attached hydrogens (primary N) is 1. The van der Waals surface area contributed by atoms with Gasteiger partial charge in [0.05, 0.1) is 6.04 Å². The number of carbonyl (C=O) groups excluding carboxylic acids is 2. The summed E-state index contributed by atoms with van der Waals surface area (Å²) >= 11 is 3.92. The molecule has 3 atom stereocenters. The first-order valence-corrected chi connectivity index (χ1v) is 8.97. The van der Waals surface area contributed by atoms with Crippen molar-refractivity contribution in [3.05, 3.63) is 29.8 Å². The number of amides is 2. The zero-order valence-corrected chi connectivity index (χ0v) is 15.8. The molecule has 0 saturated heterocycles. The molecule has 0 saturated carbocycles. The maximum atomic E-state index is 12.6. The maximum absolute atomic E-state index is 12.6. The molecule has 0 unspecified atom stereocenters. The summed E-state index contributed by atoms with van der Waals surface area (Å²) < 4.78 is 0. The number of carboxylic acids is 2. The van der Waals surface area contributed by atoms with Gasteiger partial charge in [-0.15, -0.1) is 0 Å². The van der Waals surface area contributed by atoms with Gasteiger partial charge in [-0.2, -0.15) is 12.6 Å². The van der Waals surface area contributed by atoms with Gasteiger partial charge < -0.3 is 31.7 Å². The third kappa shape index (κ3) is 7.84. The van der Waals surface area contributed by atoms with Crippen molar-refractivity contribution < 1.29 is 34.5 Å². The lowest BCUT2D eigenvalue weighted by Gasteiger charge is -2.22. The Kier molecular flexibility index (Phi) is 9.25. The van der Waals surface area contributed by atoms with Crippen molar-refractivity contribution in [3.63, 3.8) is 0 Å². The van der Waals surface area contributed by atoms with Gasteiger partial charge >= 0.3 is 11.9 Å². The Morgan fingerprint density at radius 3 is 2.07 bits per heavy atom. The first-order valence-electron chi connectivity index (χ1n) is 8.33. The molecule has 1 aromatic rings. The fourth-order valence-electron chi connectivity index (χ4n) is 2.24. The van der Waals surface area contributed by atoms with Crippen molar-refractivity contribution in [3.8, 4) is 5.75 Å². The molecule has 2 amide bonds. The number of aliphatic carboxylic acids is 2. The molecule has 0 aliphatic rings. The monoisotopic (exact) mass is 413 g/mol. The molecule has 0 radical (unpaired) electrons. The number of hydrogen-bond acceptors (Lipinski definition) is 7. The number of carboxylic acid groups (broad SMARTS) is 2. The van der Waals surface area contributed by atoms with Crippen LogP contribution in [-0.2, 0) is 25.6 Å². The number of nitrogens with one attached hydrogen (secondary N) is 2. The number of carbonyl (C=O) groups is 4. The van der Waals surface area contributed by atoms with E-state index in [1.807, 2.05) is 0 Å². The van der Waals surface area contributed by atoms with Crippen LogP contribution in [0, 0.1) is 0 Å². The van der Waals surface area contributed by atoms with Crippen LogP contribution in [0.4, 0.5) is 0 Å². The number of hydrogen-bond donors (Lipinski definition) is 7. The largest absolute Gasteiger partial charge is 0.508 e. The van der Waals surface area contributed by atoms with E-state index in [1.165, 1.54) is 12.1 Å². The Bertz CT molecular complexity index is 711. The minimum absolute atomic E-state index is 0.00240. The molecular formula is C17H23N3O7S. The molecule has 11 heteroatoms. The van der Waals surface area contributed by atoms with Crippen molar-refractivity contribution in [2.75, 3.05) is 5.75 Å². The summed E-state index contributed by atoms with van der Waals surface area (Å²) in [5.41, 5.74) is 6.19. The molecule has 0 aromatic heterocycles. The van der Waals surface area contributed by atoms with Crippen LogP contribution in [0.25, 0.3) is 0 Å². The zero-order valence-electron chi connectivity index (χ0n) is 14.9. The van der Waals surface area contributed by atoms with E-state index in [0.29, 0.717) is 5.56 Å². The first kappa shape index (κ1) is 23.2. The van der Waals surface area contributed by atoms with Gasteiger partial charge in [0.25, 0.3) is 0 Å². The van der Waals surface area contributed by atoms with Crippen LogP contribution in [0.5, 0.6) is 5.75 Å². The van der Waals surface area contributed by atoms with E-state index in [1.54, 1.807) is 12.1 Å². The average Bonchev–Trinajstić information content (AvgIpc) is 2.64. The summed E-state index contributed by atoms with van der Waals surface area (Å²) in [6, 6.07) is 2.33. The van der Waals surface area contributed by atoms with Crippen LogP contribution < -0.4 is 16.4 Å². The smallest absolute Gasteiger partial charge is 0.326 e. The zero-order chi connectivity index (χ0) is 21.3. The fourth-order valence-corrected chi connectivity index (χ4v) is 2.40. The van der Waals surface area contributed by atoms with Crippen molar-refractivity contribution in [2.45, 2.75) is 37.4 Å². The van der Waals surface area contributed by atoms with Crippen LogP contribution >= 0.6 is 12.6 Å². The van der Waals surface area contributed by atoms with Crippen LogP contribution in [0.1, 0.15) is 18.4 Å². The minimum atomic E-state index is -1.43. The second-order valence-corrected chi connectivity index (χ2v) is 6.42. The standard InChI is InChI=1S/C17H23N3O7S/c18-11(8-28)15(24)20-13(7-9-1-3-10(21)4-2-9)16(25)19-12(17(26)27)5-6-14(22)23/h1-4,11-13,21,28H,5-8,18H2,(H,19,25)(H,20,24)(H,22,23)(H,26,27)/t11-,12-,13-/m0/s1. The molecule has 28 heavy (non-hydrogen) atoms. The Balaban J connectivity index is 2.95. The number of thiol groups is 1. The number of phenols is 1. The van der Waals surface area contributed by atoms with Crippen LogP contribution in [0.15, 0.2) is 24.3 Å². The third-order valence-corrected chi connectivity index (χ3v) is 4.20. The minimum Gasteiger partial charge on any atom is -0.508 e. The molecule has 0 heterocycles. The molecule has 0 bridgehead atoms. The Labute approximate surface area is 166 Å². The van der Waals surface area contributed by atoms with Gasteiger partial charge in [-0.25, -0.2) is 4.79 Å². The van der Waals surface area contributed by atoms with Gasteiger partial charge in [0.2, 0.25) is 11.8 Å². The molecule has 0 fully saturated rings. The Morgan fingerprint density at radius 1 is 1.00 bits per heavy atom. The second kappa shape index (κ2) is 11.1. The van der Waals surface area contributed by atoms with Gasteiger partial charge in [-0.05, 0) is 24.1 Å². The lowest BCUT2D eigenvalue weighted by Crippen LogP contribution is -2.55. The number of rotatable bonds is 11. The Hall–Kier alpha value is -2.79. The van der Waals surface area contributed by atoms with E-state index < -0.39 is 48.3 Å². The second-order valence-electron chi connectivity index (χ2n) is 6.05. The third-order valence-electron chi connectivity index (χ3n) is 3.80. The van der Waals surface area contributed by atoms with Crippen LogP contribution in [-0.4, -0.2) is 63.0 Å². The lowest BCUT2D eigenvalue weighted by molar-refractivity contribution is -0.143. The van der Waals surface area contributed by atoms with Gasteiger partial charge in [0.15, 0.2) is 0 Å². The first-order chi connectivity index (χ1) is 13.1. The molecular weight excluding hydrogens is 390 g/mol. The predicted octanol–water partition coefficient (Wildman–Crippen LogP) is -0.889. The predicted molar refractivity (Wildman–Crippen MR) is 102 cm³/mol. The van der Waals surface area contributed by atoms with E-state index in [0.717, 1.165) is 0 Å². The van der Waals surface area contributed by atoms with E-state index in [-0.39, 0.29) is 24.3 Å². The van der Waals surface area contributed by atoms with Gasteiger partial charge in [-0.3, -0.25) is 14.4 Å². The molecule has 7 N–H and O–H groups in total. The fraction of sp³-hybridized carbons (Fsp3) is 0.412. The summed E-state index contributed by atoms with van der Waals surface area (Å²) in [6.07, 6.45) is -0.758. The normalized spacial score (nSPS) is 13.8. The number of phenolic OH excluding ortho intramolecular Hbond substituents is 1. The summed E-state index contributed by atoms with van der Waals surface area (Å²) in [5, 5.41) is 31.9. The van der Waals surface area contributed by atoms with Crippen molar-refractivity contribution in [1.82, 2.24) is 10.6 Å². The van der Waals surface area contributed by atoms with E-state index in [2.05, 4.69) is 23.3 Å². The van der Waals surface area contributed by atoms with Crippen molar-refractivity contribution in [1.29, 1.82) is 0 Å². The highest BCUT2D eigenvalue weighted by Gasteiger charge is 2.28. The number of benzene rings is 1. The molecule has 10 nitrogen and oxygen atoms in total. The Morgan fingerprint density at radius 2 is 1.57 bits per heavy atom. The van der Waals surface area contributed by atoms with E-state index >= 15 is 0 Å². The maximum Gasteiger partial charge on any atom is 0.326 e. The molecule has 154 valence electrons. The van der Waals surface area contributed by atoms with Crippen LogP contribution in [0.3, 0.4) is 0 Å². The molecule has 1 rings (SSSR count). The van der Waals surface area contributed by atoms with Gasteiger partial charge in [0, 0.05) is 18.6 Å². The van der Waals surface area contributed by atoms with E-state index in [9.17, 15) is 29.4 Å². The van der Waals surface area contributed by atoms with Crippen molar-refractivity contribution in [2.24, 2.45) is 5.73 Å². The topological polar surface area (TPSA) is 179 Å². The lowest BCUT2D eigenvalue weighted by atomic mass is 10.0. The molecule has 0 aliphatic carbocycles. The molecule has 0 aliphatic heterocycles. The van der Waals surface area contributed by atoms with Gasteiger partial charge in [-0.1, -0.05) is 12.1 Å². The highest BCUT2D eigenvalue weighted by molar-refractivity contribution is 7.80. The summed E-state index contributed by atoms with van der Waals surface area (Å²) in [6.45, 7) is 0. The summed E-state index contributed by atoms with van der Waals surface area (Å²) in [4.78, 5) is 46.6. The van der Waals surface area contributed by atoms with Gasteiger partial charge in [0.1, 0.15) is 17.8 Å². The van der Waals surface area contributed by atoms with E-state index in [4.69, 9.17) is 10.8 Å². The highest BCUT2D eigenvalue weighted by atomic mass is 32.1. The van der Waals surface area contributed by atoms with Crippen LogP contribution in [0.2, 0.25) is 0 Å². The average molecular weight is 413 g/mol. The highest BCUT2D eigenvalue weighted by Crippen LogP contribution is 2.12. The number of aromatic hydroxyl groups is 1. The summed E-state index contributed by atoms with van der Waals surface area (Å²) in [7, 11) is 0. The quantitative estimate of drug-likeness (QED) is 0.228. The van der Waals surface area contributed by atoms with Crippen molar-refractivity contribution >= 4 is 36.4 Å². The summed E-state index contributed by atoms with van der Waals surface area (Å²) in [5.74, 6) is -3.98. The SMILES string of the molecule is N[C@@H](CS)C(=O)N[C@@H](Cc1ccc(O)cc1)C(=O)N[C@@H](CCC(=O)O)C(=O)O.